The Morgan fingerprint density at radius 2 is 2.35 bits per heavy atom. The van der Waals surface area contributed by atoms with Crippen LogP contribution in [0.15, 0.2) is 6.20 Å². The van der Waals surface area contributed by atoms with Crippen LogP contribution >= 0.6 is 0 Å². The van der Waals surface area contributed by atoms with Gasteiger partial charge in [0.1, 0.15) is 6.54 Å². The summed E-state index contributed by atoms with van der Waals surface area (Å²) in [7, 11) is 3.91. The van der Waals surface area contributed by atoms with E-state index in [9.17, 15) is 9.90 Å². The molecule has 1 aromatic heterocycles. The van der Waals surface area contributed by atoms with Crippen LogP contribution in [0, 0.1) is 0 Å². The van der Waals surface area contributed by atoms with Crippen molar-refractivity contribution in [2.45, 2.75) is 31.7 Å². The van der Waals surface area contributed by atoms with E-state index >= 15 is 0 Å². The number of aromatic nitrogens is 3. The number of hydrogen-bond donors (Lipinski definition) is 2. The third-order valence-corrected chi connectivity index (χ3v) is 3.38. The van der Waals surface area contributed by atoms with Gasteiger partial charge in [0.15, 0.2) is 0 Å². The minimum absolute atomic E-state index is 0.0463. The van der Waals surface area contributed by atoms with Gasteiger partial charge in [-0.3, -0.25) is 4.79 Å². The van der Waals surface area contributed by atoms with Gasteiger partial charge in [0.25, 0.3) is 0 Å². The third kappa shape index (κ3) is 3.53. The highest BCUT2D eigenvalue weighted by atomic mass is 16.3. The molecule has 1 aliphatic rings. The molecule has 2 atom stereocenters. The van der Waals surface area contributed by atoms with Crippen LogP contribution in [0.2, 0.25) is 0 Å². The van der Waals surface area contributed by atoms with Crippen molar-refractivity contribution in [3.05, 3.63) is 11.9 Å². The van der Waals surface area contributed by atoms with E-state index in [4.69, 9.17) is 5.73 Å². The number of β-amino-alcohol motifs (C(OH)–C–C–N with tert-alkyl or cyclic N) is 1. The molecule has 1 amide bonds. The second-order valence-electron chi connectivity index (χ2n) is 5.46. The Hall–Kier alpha value is -1.51. The average molecular weight is 282 g/mol. The van der Waals surface area contributed by atoms with E-state index < -0.39 is 6.10 Å². The first kappa shape index (κ1) is 14.9. The lowest BCUT2D eigenvalue weighted by Gasteiger charge is -2.26. The number of likely N-dealkylation sites (tertiary alicyclic amines) is 1. The quantitative estimate of drug-likeness (QED) is 0.665. The summed E-state index contributed by atoms with van der Waals surface area (Å²) in [5.74, 6) is -0.0538. The number of carbonyl (C=O) groups excluding carboxylic acids is 1. The van der Waals surface area contributed by atoms with Gasteiger partial charge in [-0.05, 0) is 20.5 Å². The number of likely N-dealkylation sites (N-methyl/N-ethyl adjacent to an activating group) is 1. The fourth-order valence-corrected chi connectivity index (χ4v) is 2.53. The maximum Gasteiger partial charge on any atom is 0.244 e. The van der Waals surface area contributed by atoms with Crippen LogP contribution in [-0.4, -0.2) is 75.1 Å². The second-order valence-corrected chi connectivity index (χ2v) is 5.46. The number of nitrogens with zero attached hydrogens (tertiary/aromatic N) is 5. The normalized spacial score (nSPS) is 22.8. The Kier molecular flexibility index (Phi) is 4.69. The van der Waals surface area contributed by atoms with Gasteiger partial charge >= 0.3 is 0 Å². The standard InChI is InChI=1S/C12H22N6O2/c1-16(2)6-10-3-11(19)7-18(10)12(20)8-17-5-9(4-13)14-15-17/h5,10-11,19H,3-4,6-8,13H2,1-2H3. The summed E-state index contributed by atoms with van der Waals surface area (Å²) < 4.78 is 1.49. The second kappa shape index (κ2) is 6.29. The van der Waals surface area contributed by atoms with Gasteiger partial charge in [-0.15, -0.1) is 5.10 Å². The van der Waals surface area contributed by atoms with Crippen LogP contribution in [-0.2, 0) is 17.9 Å². The molecule has 1 saturated heterocycles. The molecule has 0 aliphatic carbocycles. The van der Waals surface area contributed by atoms with Crippen molar-refractivity contribution < 1.29 is 9.90 Å². The number of nitrogens with two attached hydrogens (primary N) is 1. The Bertz CT molecular complexity index is 461. The van der Waals surface area contributed by atoms with E-state index in [1.807, 2.05) is 19.0 Å². The fourth-order valence-electron chi connectivity index (χ4n) is 2.53. The number of carbonyl (C=O) groups is 1. The Morgan fingerprint density at radius 3 is 2.95 bits per heavy atom. The molecule has 8 heteroatoms. The highest BCUT2D eigenvalue weighted by molar-refractivity contribution is 5.76. The Labute approximate surface area is 118 Å². The molecule has 3 N–H and O–H groups in total. The lowest BCUT2D eigenvalue weighted by Crippen LogP contribution is -2.43. The highest BCUT2D eigenvalue weighted by Crippen LogP contribution is 2.19. The maximum atomic E-state index is 12.3. The van der Waals surface area contributed by atoms with Gasteiger partial charge < -0.3 is 20.6 Å². The Balaban J connectivity index is 1.99. The van der Waals surface area contributed by atoms with Crippen LogP contribution in [0.3, 0.4) is 0 Å². The Morgan fingerprint density at radius 1 is 1.60 bits per heavy atom. The van der Waals surface area contributed by atoms with E-state index in [0.29, 0.717) is 25.2 Å². The SMILES string of the molecule is CN(C)CC1CC(O)CN1C(=O)Cn1cc(CN)nn1. The van der Waals surface area contributed by atoms with Crippen molar-refractivity contribution in [2.24, 2.45) is 5.73 Å². The minimum Gasteiger partial charge on any atom is -0.391 e. The lowest BCUT2D eigenvalue weighted by atomic mass is 10.2. The molecule has 1 aromatic rings. The average Bonchev–Trinajstić information content (AvgIpc) is 2.95. The molecule has 8 nitrogen and oxygen atoms in total. The zero-order valence-corrected chi connectivity index (χ0v) is 11.9. The predicted molar refractivity (Wildman–Crippen MR) is 72.6 cm³/mol. The number of aliphatic hydroxyl groups excluding tert-OH is 1. The van der Waals surface area contributed by atoms with Crippen molar-refractivity contribution in [3.63, 3.8) is 0 Å². The minimum atomic E-state index is -0.445. The first-order chi connectivity index (χ1) is 9.49. The van der Waals surface area contributed by atoms with Crippen LogP contribution in [0.25, 0.3) is 0 Å². The molecular weight excluding hydrogens is 260 g/mol. The molecule has 0 radical (unpaired) electrons. The van der Waals surface area contributed by atoms with Gasteiger partial charge in [-0.1, -0.05) is 5.21 Å². The summed E-state index contributed by atoms with van der Waals surface area (Å²) in [6, 6.07) is 0.0463. The summed E-state index contributed by atoms with van der Waals surface area (Å²) in [5.41, 5.74) is 6.12. The smallest absolute Gasteiger partial charge is 0.244 e. The van der Waals surface area contributed by atoms with Crippen molar-refractivity contribution in [1.82, 2.24) is 24.8 Å². The number of hydrogen-bond acceptors (Lipinski definition) is 6. The predicted octanol–water partition coefficient (Wildman–Crippen LogP) is -1.74. The summed E-state index contributed by atoms with van der Waals surface area (Å²) >= 11 is 0. The maximum absolute atomic E-state index is 12.3. The van der Waals surface area contributed by atoms with Crippen molar-refractivity contribution >= 4 is 5.91 Å². The molecule has 0 aromatic carbocycles. The summed E-state index contributed by atoms with van der Waals surface area (Å²) in [6.45, 7) is 1.56. The molecule has 1 fully saturated rings. The molecule has 2 unspecified atom stereocenters. The summed E-state index contributed by atoms with van der Waals surface area (Å²) in [5, 5.41) is 17.5. The van der Waals surface area contributed by atoms with Gasteiger partial charge in [0.05, 0.1) is 18.0 Å². The van der Waals surface area contributed by atoms with Crippen molar-refractivity contribution in [2.75, 3.05) is 27.2 Å². The van der Waals surface area contributed by atoms with E-state index in [1.54, 1.807) is 11.1 Å². The molecule has 1 aliphatic heterocycles. The van der Waals surface area contributed by atoms with Gasteiger partial charge in [0, 0.05) is 25.7 Å². The van der Waals surface area contributed by atoms with E-state index in [0.717, 1.165) is 6.54 Å². The molecule has 20 heavy (non-hydrogen) atoms. The number of amides is 1. The van der Waals surface area contributed by atoms with Crippen LogP contribution in [0.4, 0.5) is 0 Å². The zero-order chi connectivity index (χ0) is 14.7. The molecule has 0 bridgehead atoms. The largest absolute Gasteiger partial charge is 0.391 e. The van der Waals surface area contributed by atoms with Gasteiger partial charge in [-0.25, -0.2) is 4.68 Å². The highest BCUT2D eigenvalue weighted by Gasteiger charge is 2.34. The van der Waals surface area contributed by atoms with Crippen LogP contribution < -0.4 is 5.73 Å². The van der Waals surface area contributed by atoms with Crippen LogP contribution in [0.1, 0.15) is 12.1 Å². The molecule has 0 spiro atoms. The van der Waals surface area contributed by atoms with E-state index in [1.165, 1.54) is 4.68 Å². The third-order valence-electron chi connectivity index (χ3n) is 3.38. The summed E-state index contributed by atoms with van der Waals surface area (Å²) in [6.07, 6.45) is 1.85. The first-order valence-electron chi connectivity index (χ1n) is 6.71. The van der Waals surface area contributed by atoms with E-state index in [-0.39, 0.29) is 18.5 Å². The van der Waals surface area contributed by atoms with Crippen LogP contribution in [0.5, 0.6) is 0 Å². The van der Waals surface area contributed by atoms with Crippen molar-refractivity contribution in [3.8, 4) is 0 Å². The van der Waals surface area contributed by atoms with Crippen molar-refractivity contribution in [1.29, 1.82) is 0 Å². The molecule has 2 heterocycles. The molecule has 0 saturated carbocycles. The van der Waals surface area contributed by atoms with E-state index in [2.05, 4.69) is 10.3 Å². The number of rotatable bonds is 5. The zero-order valence-electron chi connectivity index (χ0n) is 11.9. The van der Waals surface area contributed by atoms with Gasteiger partial charge in [0.2, 0.25) is 5.91 Å². The summed E-state index contributed by atoms with van der Waals surface area (Å²) in [4.78, 5) is 16.1. The first-order valence-corrected chi connectivity index (χ1v) is 6.71. The topological polar surface area (TPSA) is 101 Å². The molecule has 2 rings (SSSR count). The van der Waals surface area contributed by atoms with Gasteiger partial charge in [-0.2, -0.15) is 0 Å². The fraction of sp³-hybridized carbons (Fsp3) is 0.750. The molecular formula is C12H22N6O2. The number of aliphatic hydroxyl groups is 1. The molecule has 112 valence electrons. The lowest BCUT2D eigenvalue weighted by molar-refractivity contribution is -0.133. The monoisotopic (exact) mass is 282 g/mol.